The lowest BCUT2D eigenvalue weighted by atomic mass is 9.99. The average molecular weight is 352 g/mol. The lowest BCUT2D eigenvalue weighted by molar-refractivity contribution is 0.415. The molecular weight excluding hydrogens is 324 g/mol. The molecule has 0 fully saturated rings. The van der Waals surface area contributed by atoms with Crippen molar-refractivity contribution in [3.05, 3.63) is 65.3 Å². The summed E-state index contributed by atoms with van der Waals surface area (Å²) in [5, 5.41) is 20.7. The lowest BCUT2D eigenvalue weighted by Crippen LogP contribution is -1.89. The van der Waals surface area contributed by atoms with Gasteiger partial charge in [-0.05, 0) is 75.4 Å². The first-order valence-corrected chi connectivity index (χ1v) is 8.89. The highest BCUT2D eigenvalue weighted by Gasteiger charge is 2.10. The van der Waals surface area contributed by atoms with Crippen molar-refractivity contribution < 1.29 is 14.9 Å². The van der Waals surface area contributed by atoms with Gasteiger partial charge in [0.1, 0.15) is 17.2 Å². The molecule has 0 heterocycles. The molecular formula is C23H28O3. The van der Waals surface area contributed by atoms with Crippen molar-refractivity contribution in [2.45, 2.75) is 40.0 Å². The molecule has 0 atom stereocenters. The highest BCUT2D eigenvalue weighted by atomic mass is 16.5. The summed E-state index contributed by atoms with van der Waals surface area (Å²) in [5.41, 5.74) is 4.82. The van der Waals surface area contributed by atoms with Gasteiger partial charge in [0.15, 0.2) is 0 Å². The van der Waals surface area contributed by atoms with Crippen LogP contribution in [0.5, 0.6) is 17.2 Å². The molecule has 0 unspecified atom stereocenters. The number of hydrogen-bond donors (Lipinski definition) is 2. The van der Waals surface area contributed by atoms with Crippen molar-refractivity contribution in [2.24, 2.45) is 0 Å². The van der Waals surface area contributed by atoms with Gasteiger partial charge in [0.2, 0.25) is 0 Å². The van der Waals surface area contributed by atoms with Crippen molar-refractivity contribution >= 4 is 0 Å². The van der Waals surface area contributed by atoms with Gasteiger partial charge >= 0.3 is 0 Å². The van der Waals surface area contributed by atoms with Crippen LogP contribution in [0.1, 0.15) is 39.2 Å². The van der Waals surface area contributed by atoms with E-state index in [1.54, 1.807) is 19.2 Å². The van der Waals surface area contributed by atoms with E-state index in [1.807, 2.05) is 24.3 Å². The van der Waals surface area contributed by atoms with Crippen LogP contribution in [0.25, 0.3) is 11.1 Å². The third kappa shape index (κ3) is 5.41. The number of phenols is 2. The summed E-state index contributed by atoms with van der Waals surface area (Å²) in [5.74, 6) is 1.00. The molecule has 2 aromatic carbocycles. The number of rotatable bonds is 7. The molecule has 2 aromatic rings. The Labute approximate surface area is 156 Å². The maximum atomic E-state index is 10.4. The predicted octanol–water partition coefficient (Wildman–Crippen LogP) is 6.01. The van der Waals surface area contributed by atoms with Crippen molar-refractivity contribution in [1.82, 2.24) is 0 Å². The Kier molecular flexibility index (Phi) is 6.90. The first kappa shape index (κ1) is 19.6. The van der Waals surface area contributed by atoms with Crippen LogP contribution in [0.2, 0.25) is 0 Å². The first-order valence-electron chi connectivity index (χ1n) is 8.89. The molecule has 0 saturated heterocycles. The van der Waals surface area contributed by atoms with Crippen LogP contribution in [0.4, 0.5) is 0 Å². The largest absolute Gasteiger partial charge is 0.507 e. The minimum atomic E-state index is 0.115. The zero-order valence-corrected chi connectivity index (χ0v) is 16.0. The fourth-order valence-electron chi connectivity index (χ4n) is 2.77. The van der Waals surface area contributed by atoms with E-state index in [-0.39, 0.29) is 11.5 Å². The summed E-state index contributed by atoms with van der Waals surface area (Å²) in [6.45, 7) is 6.28. The van der Waals surface area contributed by atoms with Gasteiger partial charge in [0.05, 0.1) is 7.11 Å². The van der Waals surface area contributed by atoms with Crippen LogP contribution in [0.15, 0.2) is 59.7 Å². The van der Waals surface area contributed by atoms with Gasteiger partial charge in [0, 0.05) is 5.56 Å². The van der Waals surface area contributed by atoms with E-state index in [1.165, 1.54) is 11.1 Å². The Morgan fingerprint density at radius 2 is 1.54 bits per heavy atom. The fourth-order valence-corrected chi connectivity index (χ4v) is 2.77. The number of allylic oxidation sites excluding steroid dienone is 4. The first-order chi connectivity index (χ1) is 12.4. The molecule has 0 spiro atoms. The lowest BCUT2D eigenvalue weighted by Gasteiger charge is -2.10. The molecule has 138 valence electrons. The van der Waals surface area contributed by atoms with Crippen molar-refractivity contribution in [2.75, 3.05) is 7.11 Å². The highest BCUT2D eigenvalue weighted by molar-refractivity contribution is 5.69. The third-order valence-electron chi connectivity index (χ3n) is 4.37. The van der Waals surface area contributed by atoms with E-state index in [4.69, 9.17) is 4.74 Å². The van der Waals surface area contributed by atoms with Gasteiger partial charge in [-0.25, -0.2) is 0 Å². The molecule has 2 rings (SSSR count). The van der Waals surface area contributed by atoms with Crippen molar-refractivity contribution in [3.8, 4) is 28.4 Å². The Bertz CT molecular complexity index is 772. The minimum Gasteiger partial charge on any atom is -0.507 e. The molecule has 3 heteroatoms. The standard InChI is InChI=1S/C23H28O3/c1-16(2)6-5-7-17(3)8-13-21-22(24)14-19(15-23(21)25)18-9-11-20(26-4)12-10-18/h6,8-12,14-15,24-25H,5,7,13H2,1-4H3/b17-8+. The van der Waals surface area contributed by atoms with E-state index in [0.717, 1.165) is 29.7 Å². The van der Waals surface area contributed by atoms with Gasteiger partial charge in [-0.1, -0.05) is 35.4 Å². The molecule has 0 aliphatic heterocycles. The van der Waals surface area contributed by atoms with E-state index in [0.29, 0.717) is 12.0 Å². The van der Waals surface area contributed by atoms with E-state index in [9.17, 15) is 10.2 Å². The summed E-state index contributed by atoms with van der Waals surface area (Å²) in [6, 6.07) is 10.9. The summed E-state index contributed by atoms with van der Waals surface area (Å²) >= 11 is 0. The number of ether oxygens (including phenoxy) is 1. The quantitative estimate of drug-likeness (QED) is 0.600. The smallest absolute Gasteiger partial charge is 0.123 e. The second-order valence-electron chi connectivity index (χ2n) is 6.80. The Hall–Kier alpha value is -2.68. The SMILES string of the molecule is COc1ccc(-c2cc(O)c(C/C=C(\C)CCC=C(C)C)c(O)c2)cc1. The number of aromatic hydroxyl groups is 2. The average Bonchev–Trinajstić information content (AvgIpc) is 2.60. The Balaban J connectivity index is 2.14. The molecule has 0 bridgehead atoms. The Morgan fingerprint density at radius 1 is 0.923 bits per heavy atom. The Morgan fingerprint density at radius 3 is 2.08 bits per heavy atom. The molecule has 0 aromatic heterocycles. The van der Waals surface area contributed by atoms with E-state index < -0.39 is 0 Å². The topological polar surface area (TPSA) is 49.7 Å². The van der Waals surface area contributed by atoms with Gasteiger partial charge in [0.25, 0.3) is 0 Å². The molecule has 0 aliphatic rings. The van der Waals surface area contributed by atoms with Crippen LogP contribution < -0.4 is 4.74 Å². The summed E-state index contributed by atoms with van der Waals surface area (Å²) in [7, 11) is 1.62. The number of benzene rings is 2. The highest BCUT2D eigenvalue weighted by Crippen LogP contribution is 2.35. The number of methoxy groups -OCH3 is 1. The zero-order chi connectivity index (χ0) is 19.1. The van der Waals surface area contributed by atoms with Gasteiger partial charge in [-0.15, -0.1) is 0 Å². The summed E-state index contributed by atoms with van der Waals surface area (Å²) in [4.78, 5) is 0. The maximum absolute atomic E-state index is 10.4. The summed E-state index contributed by atoms with van der Waals surface area (Å²) < 4.78 is 5.16. The molecule has 2 N–H and O–H groups in total. The van der Waals surface area contributed by atoms with Crippen molar-refractivity contribution in [1.29, 1.82) is 0 Å². The monoisotopic (exact) mass is 352 g/mol. The van der Waals surface area contributed by atoms with E-state index in [2.05, 4.69) is 32.9 Å². The molecule has 0 amide bonds. The second-order valence-corrected chi connectivity index (χ2v) is 6.80. The molecule has 3 nitrogen and oxygen atoms in total. The van der Waals surface area contributed by atoms with Gasteiger partial charge < -0.3 is 14.9 Å². The molecule has 0 radical (unpaired) electrons. The summed E-state index contributed by atoms with van der Waals surface area (Å²) in [6.07, 6.45) is 6.80. The normalized spacial score (nSPS) is 11.3. The minimum absolute atomic E-state index is 0.115. The number of hydrogen-bond acceptors (Lipinski definition) is 3. The zero-order valence-electron chi connectivity index (χ0n) is 16.0. The van der Waals surface area contributed by atoms with Crippen LogP contribution in [-0.4, -0.2) is 17.3 Å². The molecule has 0 aliphatic carbocycles. The predicted molar refractivity (Wildman–Crippen MR) is 108 cm³/mol. The van der Waals surface area contributed by atoms with E-state index >= 15 is 0 Å². The molecule has 26 heavy (non-hydrogen) atoms. The van der Waals surface area contributed by atoms with Crippen LogP contribution in [0.3, 0.4) is 0 Å². The van der Waals surface area contributed by atoms with Crippen LogP contribution >= 0.6 is 0 Å². The second kappa shape index (κ2) is 9.14. The van der Waals surface area contributed by atoms with Crippen LogP contribution in [0, 0.1) is 0 Å². The fraction of sp³-hybridized carbons (Fsp3) is 0.304. The number of phenolic OH excluding ortho intramolecular Hbond substituents is 2. The van der Waals surface area contributed by atoms with Crippen LogP contribution in [-0.2, 0) is 6.42 Å². The van der Waals surface area contributed by atoms with Gasteiger partial charge in [-0.2, -0.15) is 0 Å². The maximum Gasteiger partial charge on any atom is 0.123 e. The third-order valence-corrected chi connectivity index (χ3v) is 4.37. The molecule has 0 saturated carbocycles. The van der Waals surface area contributed by atoms with Crippen molar-refractivity contribution in [3.63, 3.8) is 0 Å². The van der Waals surface area contributed by atoms with Gasteiger partial charge in [-0.3, -0.25) is 0 Å².